The lowest BCUT2D eigenvalue weighted by molar-refractivity contribution is -0.140. The van der Waals surface area contributed by atoms with Crippen molar-refractivity contribution in [3.63, 3.8) is 0 Å². The van der Waals surface area contributed by atoms with Crippen LogP contribution in [0.15, 0.2) is 52.9 Å². The van der Waals surface area contributed by atoms with Crippen molar-refractivity contribution >= 4 is 45.6 Å². The number of oxazole rings is 1. The van der Waals surface area contributed by atoms with E-state index in [1.165, 1.54) is 19.2 Å². The Bertz CT molecular complexity index is 1620. The molecule has 8 nitrogen and oxygen atoms in total. The number of pyridine rings is 1. The number of nitrogens with zero attached hydrogens (tertiary/aromatic N) is 4. The van der Waals surface area contributed by atoms with Gasteiger partial charge >= 0.3 is 6.18 Å². The van der Waals surface area contributed by atoms with Gasteiger partial charge in [-0.15, -0.1) is 0 Å². The van der Waals surface area contributed by atoms with Crippen molar-refractivity contribution in [2.24, 2.45) is 5.73 Å². The maximum absolute atomic E-state index is 13.6. The Hall–Kier alpha value is -3.74. The monoisotopic (exact) mass is 603 g/mol. The first-order valence-corrected chi connectivity index (χ1v) is 13.4. The Balaban J connectivity index is 1.42. The summed E-state index contributed by atoms with van der Waals surface area (Å²) in [5.74, 6) is 0.00420. The lowest BCUT2D eigenvalue weighted by Crippen LogP contribution is -2.50. The second-order valence-electron chi connectivity index (χ2n) is 9.52. The van der Waals surface area contributed by atoms with Crippen LogP contribution in [0.3, 0.4) is 0 Å². The average Bonchev–Trinajstić information content (AvgIpc) is 3.41. The van der Waals surface area contributed by atoms with E-state index >= 15 is 0 Å². The van der Waals surface area contributed by atoms with Crippen molar-refractivity contribution in [3.8, 4) is 17.2 Å². The highest BCUT2D eigenvalue weighted by atomic mass is 35.5. The molecule has 2 N–H and O–H groups in total. The molecule has 214 valence electrons. The number of piperazine rings is 1. The lowest BCUT2D eigenvalue weighted by Gasteiger charge is -2.36. The molecule has 5 rings (SSSR count). The number of amides is 1. The van der Waals surface area contributed by atoms with E-state index in [0.717, 1.165) is 11.6 Å². The maximum Gasteiger partial charge on any atom is 0.433 e. The van der Waals surface area contributed by atoms with Gasteiger partial charge in [0.15, 0.2) is 11.5 Å². The molecular formula is C28H25ClF3N5O3S. The normalized spacial score (nSPS) is 14.8. The van der Waals surface area contributed by atoms with Crippen molar-refractivity contribution in [3.05, 3.63) is 76.3 Å². The number of rotatable bonds is 5. The van der Waals surface area contributed by atoms with E-state index in [1.54, 1.807) is 30.0 Å². The van der Waals surface area contributed by atoms with E-state index in [0.29, 0.717) is 47.1 Å². The van der Waals surface area contributed by atoms with Crippen LogP contribution in [0.1, 0.15) is 40.5 Å². The summed E-state index contributed by atoms with van der Waals surface area (Å²) in [6.07, 6.45) is -4.64. The standard InChI is InChI=1S/C28H25ClF3N5O3S/c1-15(33)24-23(26(38)36-11-13-37(14-12-36)27(41)16-3-5-17(29)6-4-16)35-25(40-24)19-7-9-20(39-2)22-18(19)8-10-21(34-22)28(30,31)32/h3-10,15H,11-14,33H2,1-2H3/t15-/m1/s1. The highest BCUT2D eigenvalue weighted by Crippen LogP contribution is 2.37. The molecule has 2 aromatic heterocycles. The number of aromatic nitrogens is 2. The second-order valence-corrected chi connectivity index (χ2v) is 10.3. The second kappa shape index (κ2) is 11.3. The van der Waals surface area contributed by atoms with Gasteiger partial charge in [-0.2, -0.15) is 13.2 Å². The van der Waals surface area contributed by atoms with Crippen molar-refractivity contribution in [2.45, 2.75) is 19.1 Å². The number of hydrogen-bond acceptors (Lipinski definition) is 7. The molecule has 0 bridgehead atoms. The Morgan fingerprint density at radius 3 is 2.32 bits per heavy atom. The van der Waals surface area contributed by atoms with Gasteiger partial charge in [0.25, 0.3) is 5.91 Å². The van der Waals surface area contributed by atoms with E-state index < -0.39 is 17.9 Å². The molecule has 1 aliphatic heterocycles. The number of thiocarbonyl (C=S) groups is 1. The minimum absolute atomic E-state index is 0.0129. The molecule has 1 aliphatic rings. The first kappa shape index (κ1) is 28.8. The van der Waals surface area contributed by atoms with Crippen LogP contribution in [0, 0.1) is 0 Å². The number of ether oxygens (including phenoxy) is 1. The summed E-state index contributed by atoms with van der Waals surface area (Å²) < 4.78 is 51.3. The molecular weight excluding hydrogens is 579 g/mol. The first-order valence-electron chi connectivity index (χ1n) is 12.6. The zero-order chi connectivity index (χ0) is 29.5. The first-order chi connectivity index (χ1) is 19.5. The molecule has 0 aliphatic carbocycles. The Morgan fingerprint density at radius 2 is 1.71 bits per heavy atom. The lowest BCUT2D eigenvalue weighted by atomic mass is 10.1. The predicted molar refractivity (Wildman–Crippen MR) is 152 cm³/mol. The number of methoxy groups -OCH3 is 1. The zero-order valence-corrected chi connectivity index (χ0v) is 23.6. The van der Waals surface area contributed by atoms with Crippen molar-refractivity contribution < 1.29 is 27.1 Å². The van der Waals surface area contributed by atoms with Crippen molar-refractivity contribution in [1.29, 1.82) is 0 Å². The van der Waals surface area contributed by atoms with Crippen LogP contribution in [0.2, 0.25) is 5.02 Å². The third-order valence-electron chi connectivity index (χ3n) is 6.78. The molecule has 1 fully saturated rings. The van der Waals surface area contributed by atoms with Gasteiger partial charge in [-0.05, 0) is 43.3 Å². The molecule has 1 amide bonds. The Kier molecular flexibility index (Phi) is 7.91. The summed E-state index contributed by atoms with van der Waals surface area (Å²) in [5, 5.41) is 0.937. The molecule has 0 unspecified atom stereocenters. The van der Waals surface area contributed by atoms with Crippen molar-refractivity contribution in [2.75, 3.05) is 33.3 Å². The van der Waals surface area contributed by atoms with Gasteiger partial charge in [0.05, 0.1) is 13.2 Å². The van der Waals surface area contributed by atoms with Gasteiger partial charge < -0.3 is 24.7 Å². The van der Waals surface area contributed by atoms with Crippen LogP contribution in [0.25, 0.3) is 22.4 Å². The molecule has 4 aromatic rings. The molecule has 0 radical (unpaired) electrons. The summed E-state index contributed by atoms with van der Waals surface area (Å²) in [6.45, 7) is 3.47. The van der Waals surface area contributed by atoms with Crippen LogP contribution in [-0.4, -0.2) is 64.0 Å². The Labute approximate surface area is 243 Å². The van der Waals surface area contributed by atoms with Gasteiger partial charge in [-0.1, -0.05) is 36.0 Å². The van der Waals surface area contributed by atoms with Crippen LogP contribution < -0.4 is 10.5 Å². The van der Waals surface area contributed by atoms with Crippen LogP contribution in [0.4, 0.5) is 13.2 Å². The highest BCUT2D eigenvalue weighted by molar-refractivity contribution is 7.80. The number of nitrogens with two attached hydrogens (primary N) is 1. The molecule has 2 aromatic carbocycles. The summed E-state index contributed by atoms with van der Waals surface area (Å²) in [6, 6.07) is 11.8. The van der Waals surface area contributed by atoms with E-state index in [1.807, 2.05) is 17.0 Å². The topological polar surface area (TPSA) is 97.7 Å². The molecule has 1 atom stereocenters. The zero-order valence-electron chi connectivity index (χ0n) is 22.0. The summed E-state index contributed by atoms with van der Waals surface area (Å²) in [7, 11) is 1.34. The molecule has 13 heteroatoms. The number of carbonyl (C=O) groups is 1. The SMILES string of the molecule is COc1ccc(-c2nc(C(=O)N3CCN(C(=S)c4ccc(Cl)cc4)CC3)c([C@@H](C)N)o2)c2ccc(C(F)(F)F)nc12. The highest BCUT2D eigenvalue weighted by Gasteiger charge is 2.34. The molecule has 0 spiro atoms. The Morgan fingerprint density at radius 1 is 1.05 bits per heavy atom. The number of alkyl halides is 3. The van der Waals surface area contributed by atoms with E-state index in [9.17, 15) is 18.0 Å². The largest absolute Gasteiger partial charge is 0.494 e. The summed E-state index contributed by atoms with van der Waals surface area (Å²) in [5.41, 5.74) is 6.33. The summed E-state index contributed by atoms with van der Waals surface area (Å²) in [4.78, 5) is 26.2. The minimum atomic E-state index is -4.64. The fourth-order valence-electron chi connectivity index (χ4n) is 4.65. The molecule has 1 saturated heterocycles. The molecule has 0 saturated carbocycles. The summed E-state index contributed by atoms with van der Waals surface area (Å²) >= 11 is 11.6. The van der Waals surface area contributed by atoms with Crippen LogP contribution in [0.5, 0.6) is 5.75 Å². The van der Waals surface area contributed by atoms with Gasteiger partial charge in [-0.25, -0.2) is 9.97 Å². The van der Waals surface area contributed by atoms with Crippen LogP contribution >= 0.6 is 23.8 Å². The minimum Gasteiger partial charge on any atom is -0.494 e. The fourth-order valence-corrected chi connectivity index (χ4v) is 5.09. The number of benzene rings is 2. The van der Waals surface area contributed by atoms with E-state index in [2.05, 4.69) is 9.97 Å². The van der Waals surface area contributed by atoms with E-state index in [4.69, 9.17) is 38.7 Å². The number of fused-ring (bicyclic) bond motifs is 1. The smallest absolute Gasteiger partial charge is 0.433 e. The molecule has 3 heterocycles. The number of hydrogen-bond donors (Lipinski definition) is 1. The molecule has 41 heavy (non-hydrogen) atoms. The van der Waals surface area contributed by atoms with Crippen molar-refractivity contribution in [1.82, 2.24) is 19.8 Å². The van der Waals surface area contributed by atoms with Gasteiger partial charge in [0.2, 0.25) is 5.89 Å². The predicted octanol–water partition coefficient (Wildman–Crippen LogP) is 5.72. The third-order valence-corrected chi connectivity index (χ3v) is 7.52. The van der Waals surface area contributed by atoms with E-state index in [-0.39, 0.29) is 34.5 Å². The quantitative estimate of drug-likeness (QED) is 0.289. The maximum atomic E-state index is 13.6. The third kappa shape index (κ3) is 5.72. The van der Waals surface area contributed by atoms with Gasteiger partial charge in [0.1, 0.15) is 21.9 Å². The van der Waals surface area contributed by atoms with Gasteiger partial charge in [0, 0.05) is 47.7 Å². The average molecular weight is 604 g/mol. The fraction of sp³-hybridized carbons (Fsp3) is 0.286. The van der Waals surface area contributed by atoms with Gasteiger partial charge in [-0.3, -0.25) is 4.79 Å². The van der Waals surface area contributed by atoms with Crippen LogP contribution in [-0.2, 0) is 6.18 Å². The number of halogens is 4. The number of carbonyl (C=O) groups excluding carboxylic acids is 1.